The van der Waals surface area contributed by atoms with Gasteiger partial charge in [0.1, 0.15) is 5.84 Å². The second-order valence-electron chi connectivity index (χ2n) is 4.28. The predicted molar refractivity (Wildman–Crippen MR) is 94.5 cm³/mol. The van der Waals surface area contributed by atoms with E-state index in [0.717, 1.165) is 11.3 Å². The molecule has 0 saturated heterocycles. The molecule has 6 heteroatoms. The van der Waals surface area contributed by atoms with Gasteiger partial charge in [0.2, 0.25) is 0 Å². The lowest BCUT2D eigenvalue weighted by atomic mass is 10.1. The Morgan fingerprint density at radius 3 is 2.29 bits per heavy atom. The standard InChI is InChI=1S/C15H13Cl2N3S/c16-12-7-4-8-13(17)11(12)9-14(18)20-15(21)19-10-5-2-1-3-6-10/h1-8H,9H2,(H3,18,19,20,21). The van der Waals surface area contributed by atoms with Crippen LogP contribution in [0, 0.1) is 0 Å². The molecule has 0 aliphatic heterocycles. The molecule has 0 aliphatic carbocycles. The topological polar surface area (TPSA) is 50.4 Å². The van der Waals surface area contributed by atoms with Crippen LogP contribution in [-0.2, 0) is 6.42 Å². The van der Waals surface area contributed by atoms with Gasteiger partial charge in [-0.1, -0.05) is 47.5 Å². The smallest absolute Gasteiger partial charge is 0.198 e. The molecular formula is C15H13Cl2N3S. The van der Waals surface area contributed by atoms with E-state index in [1.54, 1.807) is 18.2 Å². The lowest BCUT2D eigenvalue weighted by Gasteiger charge is -2.08. The fourth-order valence-electron chi connectivity index (χ4n) is 1.73. The van der Waals surface area contributed by atoms with E-state index in [1.807, 2.05) is 30.3 Å². The van der Waals surface area contributed by atoms with Crippen LogP contribution in [0.2, 0.25) is 10.0 Å². The number of benzene rings is 2. The summed E-state index contributed by atoms with van der Waals surface area (Å²) >= 11 is 17.3. The van der Waals surface area contributed by atoms with Crippen LogP contribution in [0.1, 0.15) is 5.56 Å². The highest BCUT2D eigenvalue weighted by atomic mass is 35.5. The van der Waals surface area contributed by atoms with E-state index in [0.29, 0.717) is 27.4 Å². The molecule has 0 unspecified atom stereocenters. The van der Waals surface area contributed by atoms with E-state index in [4.69, 9.17) is 41.2 Å². The van der Waals surface area contributed by atoms with Crippen molar-refractivity contribution >= 4 is 52.1 Å². The highest BCUT2D eigenvalue weighted by Crippen LogP contribution is 2.24. The molecule has 0 atom stereocenters. The van der Waals surface area contributed by atoms with Gasteiger partial charge in [-0.2, -0.15) is 0 Å². The zero-order chi connectivity index (χ0) is 15.2. The summed E-state index contributed by atoms with van der Waals surface area (Å²) < 4.78 is 0. The number of aliphatic imine (C=N–C) groups is 1. The van der Waals surface area contributed by atoms with Crippen LogP contribution in [0.15, 0.2) is 53.5 Å². The molecule has 0 heterocycles. The number of para-hydroxylation sites is 1. The van der Waals surface area contributed by atoms with E-state index in [2.05, 4.69) is 10.3 Å². The van der Waals surface area contributed by atoms with E-state index in [1.165, 1.54) is 0 Å². The Morgan fingerprint density at radius 2 is 1.67 bits per heavy atom. The molecule has 3 N–H and O–H groups in total. The van der Waals surface area contributed by atoms with Crippen LogP contribution in [0.5, 0.6) is 0 Å². The highest BCUT2D eigenvalue weighted by molar-refractivity contribution is 7.80. The predicted octanol–water partition coefficient (Wildman–Crippen LogP) is 4.29. The molecule has 0 spiro atoms. The summed E-state index contributed by atoms with van der Waals surface area (Å²) in [5, 5.41) is 4.40. The summed E-state index contributed by atoms with van der Waals surface area (Å²) in [6, 6.07) is 14.8. The van der Waals surface area contributed by atoms with Gasteiger partial charge in [0.05, 0.1) is 0 Å². The molecule has 108 valence electrons. The number of nitrogens with one attached hydrogen (secondary N) is 1. The van der Waals surface area contributed by atoms with Gasteiger partial charge in [0, 0.05) is 22.2 Å². The number of anilines is 1. The van der Waals surface area contributed by atoms with Gasteiger partial charge < -0.3 is 11.1 Å². The van der Waals surface area contributed by atoms with Crippen molar-refractivity contribution in [2.75, 3.05) is 5.32 Å². The minimum Gasteiger partial charge on any atom is -0.387 e. The Bertz CT molecular complexity index is 652. The van der Waals surface area contributed by atoms with Crippen molar-refractivity contribution in [3.63, 3.8) is 0 Å². The zero-order valence-corrected chi connectivity index (χ0v) is 13.3. The van der Waals surface area contributed by atoms with Crippen LogP contribution < -0.4 is 11.1 Å². The molecule has 2 rings (SSSR count). The molecule has 0 aromatic heterocycles. The summed E-state index contributed by atoms with van der Waals surface area (Å²) in [6.07, 6.45) is 0.342. The maximum absolute atomic E-state index is 6.10. The van der Waals surface area contributed by atoms with Crippen molar-refractivity contribution in [2.24, 2.45) is 10.7 Å². The normalized spacial score (nSPS) is 11.2. The molecule has 0 bridgehead atoms. The van der Waals surface area contributed by atoms with Crippen molar-refractivity contribution < 1.29 is 0 Å². The van der Waals surface area contributed by atoms with Crippen molar-refractivity contribution in [3.8, 4) is 0 Å². The first-order chi connectivity index (χ1) is 10.1. The number of nitrogens with two attached hydrogens (primary N) is 1. The summed E-state index contributed by atoms with van der Waals surface area (Å²) in [5.41, 5.74) is 7.50. The maximum atomic E-state index is 6.10. The lowest BCUT2D eigenvalue weighted by molar-refractivity contribution is 1.29. The SMILES string of the molecule is NC(Cc1c(Cl)cccc1Cl)=NC(=S)Nc1ccccc1. The number of thiocarbonyl (C=S) groups is 1. The quantitative estimate of drug-likeness (QED) is 0.499. The van der Waals surface area contributed by atoms with Crippen LogP contribution in [0.4, 0.5) is 5.69 Å². The van der Waals surface area contributed by atoms with Crippen LogP contribution in [-0.4, -0.2) is 10.9 Å². The first kappa shape index (κ1) is 15.8. The first-order valence-electron chi connectivity index (χ1n) is 6.18. The number of halogens is 2. The molecule has 0 aliphatic rings. The zero-order valence-electron chi connectivity index (χ0n) is 11.0. The molecule has 21 heavy (non-hydrogen) atoms. The summed E-state index contributed by atoms with van der Waals surface area (Å²) in [5.74, 6) is 0.346. The largest absolute Gasteiger partial charge is 0.387 e. The van der Waals surface area contributed by atoms with Gasteiger partial charge in [-0.05, 0) is 42.0 Å². The number of amidine groups is 1. The highest BCUT2D eigenvalue weighted by Gasteiger charge is 2.08. The third-order valence-corrected chi connectivity index (χ3v) is 3.59. The Balaban J connectivity index is 2.06. The molecule has 2 aromatic carbocycles. The Hall–Kier alpha value is -1.62. The van der Waals surface area contributed by atoms with Crippen LogP contribution in [0.25, 0.3) is 0 Å². The van der Waals surface area contributed by atoms with Crippen molar-refractivity contribution in [1.29, 1.82) is 0 Å². The third-order valence-electron chi connectivity index (χ3n) is 2.69. The molecular weight excluding hydrogens is 325 g/mol. The fourth-order valence-corrected chi connectivity index (χ4v) is 2.49. The number of hydrogen-bond acceptors (Lipinski definition) is 1. The molecule has 0 amide bonds. The van der Waals surface area contributed by atoms with Gasteiger partial charge in [-0.3, -0.25) is 0 Å². The Labute approximate surface area is 138 Å². The van der Waals surface area contributed by atoms with Crippen molar-refractivity contribution in [3.05, 3.63) is 64.1 Å². The second kappa shape index (κ2) is 7.41. The first-order valence-corrected chi connectivity index (χ1v) is 7.34. The lowest BCUT2D eigenvalue weighted by Crippen LogP contribution is -2.19. The summed E-state index contributed by atoms with van der Waals surface area (Å²) in [6.45, 7) is 0. The monoisotopic (exact) mass is 337 g/mol. The number of hydrogen-bond donors (Lipinski definition) is 2. The van der Waals surface area contributed by atoms with Gasteiger partial charge in [0.15, 0.2) is 5.11 Å². The van der Waals surface area contributed by atoms with Gasteiger partial charge in [0.25, 0.3) is 0 Å². The van der Waals surface area contributed by atoms with E-state index in [-0.39, 0.29) is 0 Å². The second-order valence-corrected chi connectivity index (χ2v) is 5.48. The fraction of sp³-hybridized carbons (Fsp3) is 0.0667. The van der Waals surface area contributed by atoms with Gasteiger partial charge in [-0.15, -0.1) is 0 Å². The maximum Gasteiger partial charge on any atom is 0.198 e. The van der Waals surface area contributed by atoms with E-state index >= 15 is 0 Å². The van der Waals surface area contributed by atoms with E-state index in [9.17, 15) is 0 Å². The molecule has 0 saturated carbocycles. The van der Waals surface area contributed by atoms with Crippen molar-refractivity contribution in [1.82, 2.24) is 0 Å². The average molecular weight is 338 g/mol. The number of rotatable bonds is 3. The van der Waals surface area contributed by atoms with E-state index < -0.39 is 0 Å². The molecule has 0 fully saturated rings. The van der Waals surface area contributed by atoms with Gasteiger partial charge >= 0.3 is 0 Å². The molecule has 2 aromatic rings. The van der Waals surface area contributed by atoms with Crippen LogP contribution in [0.3, 0.4) is 0 Å². The number of nitrogens with zero attached hydrogens (tertiary/aromatic N) is 1. The minimum atomic E-state index is 0.293. The summed E-state index contributed by atoms with van der Waals surface area (Å²) in [7, 11) is 0. The summed E-state index contributed by atoms with van der Waals surface area (Å²) in [4.78, 5) is 4.15. The van der Waals surface area contributed by atoms with Crippen LogP contribution >= 0.6 is 35.4 Å². The average Bonchev–Trinajstić information content (AvgIpc) is 2.44. The Kier molecular flexibility index (Phi) is 5.56. The molecule has 0 radical (unpaired) electrons. The van der Waals surface area contributed by atoms with Crippen molar-refractivity contribution in [2.45, 2.75) is 6.42 Å². The molecule has 3 nitrogen and oxygen atoms in total. The Morgan fingerprint density at radius 1 is 1.05 bits per heavy atom. The van der Waals surface area contributed by atoms with Gasteiger partial charge in [-0.25, -0.2) is 4.99 Å². The minimum absolute atomic E-state index is 0.293. The third kappa shape index (κ3) is 4.70.